The van der Waals surface area contributed by atoms with E-state index in [4.69, 9.17) is 16.3 Å². The molecule has 1 amide bonds. The van der Waals surface area contributed by atoms with Gasteiger partial charge >= 0.3 is 0 Å². The number of rotatable bonds is 6. The van der Waals surface area contributed by atoms with Gasteiger partial charge < -0.3 is 10.1 Å². The summed E-state index contributed by atoms with van der Waals surface area (Å²) in [5, 5.41) is 14.4. The molecule has 1 heterocycles. The van der Waals surface area contributed by atoms with Crippen LogP contribution in [0.1, 0.15) is 15.9 Å². The van der Waals surface area contributed by atoms with Crippen molar-refractivity contribution in [1.29, 1.82) is 0 Å². The summed E-state index contributed by atoms with van der Waals surface area (Å²) in [5.41, 5.74) is 2.09. The highest BCUT2D eigenvalue weighted by molar-refractivity contribution is 6.31. The van der Waals surface area contributed by atoms with Crippen LogP contribution in [-0.4, -0.2) is 39.8 Å². The van der Waals surface area contributed by atoms with Crippen molar-refractivity contribution in [1.82, 2.24) is 25.5 Å². The Morgan fingerprint density at radius 1 is 1.24 bits per heavy atom. The van der Waals surface area contributed by atoms with Crippen molar-refractivity contribution in [2.24, 2.45) is 0 Å². The summed E-state index contributed by atoms with van der Waals surface area (Å²) in [6, 6.07) is 12.7. The van der Waals surface area contributed by atoms with Crippen molar-refractivity contribution < 1.29 is 9.53 Å². The molecule has 3 aromatic rings. The van der Waals surface area contributed by atoms with E-state index in [1.54, 1.807) is 25.3 Å². The van der Waals surface area contributed by atoms with Gasteiger partial charge in [0.25, 0.3) is 5.91 Å². The Bertz CT molecular complexity index is 850. The predicted molar refractivity (Wildman–Crippen MR) is 93.2 cm³/mol. The molecule has 0 saturated carbocycles. The van der Waals surface area contributed by atoms with E-state index in [2.05, 4.69) is 20.8 Å². The van der Waals surface area contributed by atoms with Crippen molar-refractivity contribution in [3.8, 4) is 11.4 Å². The molecule has 7 nitrogen and oxygen atoms in total. The van der Waals surface area contributed by atoms with Crippen LogP contribution < -0.4 is 10.1 Å². The largest absolute Gasteiger partial charge is 0.497 e. The molecule has 1 aromatic heterocycles. The second kappa shape index (κ2) is 7.76. The standard InChI is InChI=1S/C17H16ClN5O2/c1-25-14-5-2-12(3-6-14)8-9-19-17(24)15-7-4-13(18)10-16(15)23-11-20-21-22-23/h2-7,10-11H,8-9H2,1H3,(H,19,24). The molecule has 1 N–H and O–H groups in total. The van der Waals surface area contributed by atoms with Gasteiger partial charge in [0.2, 0.25) is 0 Å². The normalized spacial score (nSPS) is 10.5. The third-order valence-electron chi connectivity index (χ3n) is 3.66. The number of benzene rings is 2. The highest BCUT2D eigenvalue weighted by atomic mass is 35.5. The minimum Gasteiger partial charge on any atom is -0.497 e. The van der Waals surface area contributed by atoms with Crippen LogP contribution in [0, 0.1) is 0 Å². The molecule has 2 aromatic carbocycles. The van der Waals surface area contributed by atoms with Crippen LogP contribution in [0.3, 0.4) is 0 Å². The molecule has 0 bridgehead atoms. The Hall–Kier alpha value is -2.93. The minimum absolute atomic E-state index is 0.212. The van der Waals surface area contributed by atoms with Crippen LogP contribution in [0.4, 0.5) is 0 Å². The molecular weight excluding hydrogens is 342 g/mol. The second-order valence-corrected chi connectivity index (χ2v) is 5.71. The van der Waals surface area contributed by atoms with E-state index in [1.807, 2.05) is 24.3 Å². The molecular formula is C17H16ClN5O2. The zero-order valence-corrected chi connectivity index (χ0v) is 14.3. The Balaban J connectivity index is 1.67. The van der Waals surface area contributed by atoms with Gasteiger partial charge in [0.1, 0.15) is 12.1 Å². The number of aromatic nitrogens is 4. The highest BCUT2D eigenvalue weighted by Crippen LogP contribution is 2.19. The predicted octanol–water partition coefficient (Wildman–Crippen LogP) is 2.30. The molecule has 0 atom stereocenters. The molecule has 0 unspecified atom stereocenters. The zero-order chi connectivity index (χ0) is 17.6. The number of tetrazole rings is 1. The van der Waals surface area contributed by atoms with E-state index in [-0.39, 0.29) is 5.91 Å². The first-order valence-electron chi connectivity index (χ1n) is 7.61. The SMILES string of the molecule is COc1ccc(CCNC(=O)c2ccc(Cl)cc2-n2cnnn2)cc1. The van der Waals surface area contributed by atoms with Gasteiger partial charge in [-0.25, -0.2) is 0 Å². The number of nitrogens with zero attached hydrogens (tertiary/aromatic N) is 4. The lowest BCUT2D eigenvalue weighted by molar-refractivity contribution is 0.0954. The summed E-state index contributed by atoms with van der Waals surface area (Å²) < 4.78 is 6.54. The first-order chi connectivity index (χ1) is 12.2. The van der Waals surface area contributed by atoms with Gasteiger partial charge in [-0.2, -0.15) is 4.68 Å². The molecule has 0 saturated heterocycles. The third-order valence-corrected chi connectivity index (χ3v) is 3.89. The second-order valence-electron chi connectivity index (χ2n) is 5.27. The molecule has 0 fully saturated rings. The van der Waals surface area contributed by atoms with E-state index in [1.165, 1.54) is 11.0 Å². The molecule has 8 heteroatoms. The van der Waals surface area contributed by atoms with Gasteiger partial charge in [0.05, 0.1) is 18.4 Å². The van der Waals surface area contributed by atoms with Crippen LogP contribution in [-0.2, 0) is 6.42 Å². The van der Waals surface area contributed by atoms with Crippen LogP contribution in [0.2, 0.25) is 5.02 Å². The average molecular weight is 358 g/mol. The number of carbonyl (C=O) groups is 1. The molecule has 0 radical (unpaired) electrons. The molecule has 0 aliphatic heterocycles. The number of hydrogen-bond donors (Lipinski definition) is 1. The van der Waals surface area contributed by atoms with Gasteiger partial charge in [-0.1, -0.05) is 23.7 Å². The quantitative estimate of drug-likeness (QED) is 0.732. The number of amides is 1. The summed E-state index contributed by atoms with van der Waals surface area (Å²) in [6.07, 6.45) is 2.13. The van der Waals surface area contributed by atoms with Gasteiger partial charge in [0.15, 0.2) is 0 Å². The minimum atomic E-state index is -0.212. The van der Waals surface area contributed by atoms with Crippen LogP contribution in [0.5, 0.6) is 5.75 Å². The van der Waals surface area contributed by atoms with Crippen molar-refractivity contribution >= 4 is 17.5 Å². The Morgan fingerprint density at radius 2 is 2.04 bits per heavy atom. The van der Waals surface area contributed by atoms with Gasteiger partial charge in [-0.15, -0.1) is 5.10 Å². The smallest absolute Gasteiger partial charge is 0.253 e. The summed E-state index contributed by atoms with van der Waals surface area (Å²) in [5.74, 6) is 0.593. The van der Waals surface area contributed by atoms with E-state index >= 15 is 0 Å². The number of carbonyl (C=O) groups excluding carboxylic acids is 1. The molecule has 0 spiro atoms. The molecule has 0 aliphatic rings. The highest BCUT2D eigenvalue weighted by Gasteiger charge is 2.14. The van der Waals surface area contributed by atoms with Crippen molar-refractivity contribution in [3.05, 3.63) is 64.9 Å². The Morgan fingerprint density at radius 3 is 2.72 bits per heavy atom. The maximum atomic E-state index is 12.5. The number of ether oxygens (including phenoxy) is 1. The zero-order valence-electron chi connectivity index (χ0n) is 13.5. The molecule has 0 aliphatic carbocycles. The first-order valence-corrected chi connectivity index (χ1v) is 7.99. The fourth-order valence-corrected chi connectivity index (χ4v) is 2.53. The monoisotopic (exact) mass is 357 g/mol. The Labute approximate surface area is 149 Å². The summed E-state index contributed by atoms with van der Waals surface area (Å²) >= 11 is 6.02. The van der Waals surface area contributed by atoms with Crippen LogP contribution in [0.25, 0.3) is 5.69 Å². The maximum Gasteiger partial charge on any atom is 0.253 e. The Kier molecular flexibility index (Phi) is 5.25. The van der Waals surface area contributed by atoms with Crippen molar-refractivity contribution in [3.63, 3.8) is 0 Å². The van der Waals surface area contributed by atoms with Crippen molar-refractivity contribution in [2.45, 2.75) is 6.42 Å². The summed E-state index contributed by atoms with van der Waals surface area (Å²) in [6.45, 7) is 0.503. The number of methoxy groups -OCH3 is 1. The van der Waals surface area contributed by atoms with Crippen molar-refractivity contribution in [2.75, 3.05) is 13.7 Å². The topological polar surface area (TPSA) is 81.9 Å². The molecule has 25 heavy (non-hydrogen) atoms. The van der Waals surface area contributed by atoms with E-state index in [0.717, 1.165) is 11.3 Å². The van der Waals surface area contributed by atoms with Gasteiger partial charge in [-0.3, -0.25) is 4.79 Å². The summed E-state index contributed by atoms with van der Waals surface area (Å²) in [4.78, 5) is 12.5. The lowest BCUT2D eigenvalue weighted by atomic mass is 10.1. The number of nitrogens with one attached hydrogen (secondary N) is 1. The van der Waals surface area contributed by atoms with E-state index in [9.17, 15) is 4.79 Å². The van der Waals surface area contributed by atoms with E-state index in [0.29, 0.717) is 29.2 Å². The summed E-state index contributed by atoms with van der Waals surface area (Å²) in [7, 11) is 1.63. The lowest BCUT2D eigenvalue weighted by Gasteiger charge is -2.10. The first kappa shape index (κ1) is 16.9. The van der Waals surface area contributed by atoms with E-state index < -0.39 is 0 Å². The molecule has 3 rings (SSSR count). The fraction of sp³-hybridized carbons (Fsp3) is 0.176. The fourth-order valence-electron chi connectivity index (χ4n) is 2.37. The van der Waals surface area contributed by atoms with Gasteiger partial charge in [-0.05, 0) is 52.7 Å². The number of hydrogen-bond acceptors (Lipinski definition) is 5. The van der Waals surface area contributed by atoms with Gasteiger partial charge in [0, 0.05) is 11.6 Å². The number of halogens is 1. The third kappa shape index (κ3) is 4.13. The molecule has 128 valence electrons. The van der Waals surface area contributed by atoms with Crippen LogP contribution >= 0.6 is 11.6 Å². The lowest BCUT2D eigenvalue weighted by Crippen LogP contribution is -2.27. The maximum absolute atomic E-state index is 12.5. The average Bonchev–Trinajstić information content (AvgIpc) is 3.16. The van der Waals surface area contributed by atoms with Crippen LogP contribution in [0.15, 0.2) is 48.8 Å².